The molecule has 2 nitrogen and oxygen atoms in total. The van der Waals surface area contributed by atoms with Crippen LogP contribution >= 0.6 is 11.3 Å². The van der Waals surface area contributed by atoms with E-state index >= 15 is 0 Å². The highest BCUT2D eigenvalue weighted by Crippen LogP contribution is 2.12. The molecule has 0 saturated heterocycles. The van der Waals surface area contributed by atoms with Crippen molar-refractivity contribution in [1.82, 2.24) is 5.32 Å². The molecule has 0 radical (unpaired) electrons. The van der Waals surface area contributed by atoms with Crippen LogP contribution in [0.4, 0.5) is 4.39 Å². The molecule has 0 amide bonds. The summed E-state index contributed by atoms with van der Waals surface area (Å²) >= 11 is 1.75. The molecule has 1 N–H and O–H groups in total. The van der Waals surface area contributed by atoms with E-state index in [4.69, 9.17) is 5.26 Å². The van der Waals surface area contributed by atoms with Crippen LogP contribution in [0.5, 0.6) is 0 Å². The third kappa shape index (κ3) is 3.88. The Hall–Kier alpha value is -1.70. The van der Waals surface area contributed by atoms with Crippen molar-refractivity contribution < 1.29 is 4.39 Å². The highest BCUT2D eigenvalue weighted by molar-refractivity contribution is 7.09. The molecule has 19 heavy (non-hydrogen) atoms. The maximum Gasteiger partial charge on any atom is 0.140 e. The van der Waals surface area contributed by atoms with Gasteiger partial charge >= 0.3 is 0 Å². The van der Waals surface area contributed by atoms with E-state index in [0.717, 1.165) is 12.0 Å². The monoisotopic (exact) mass is 274 g/mol. The highest BCUT2D eigenvalue weighted by Gasteiger charge is 2.06. The molecular formula is C15H15FN2S. The minimum atomic E-state index is -0.460. The van der Waals surface area contributed by atoms with E-state index in [2.05, 4.69) is 23.7 Å². The van der Waals surface area contributed by atoms with E-state index < -0.39 is 5.82 Å². The number of hydrogen-bond acceptors (Lipinski definition) is 3. The van der Waals surface area contributed by atoms with E-state index in [1.54, 1.807) is 23.5 Å². The molecule has 2 rings (SSSR count). The minimum absolute atomic E-state index is 0.102. The fourth-order valence-corrected chi connectivity index (χ4v) is 2.70. The van der Waals surface area contributed by atoms with E-state index in [9.17, 15) is 4.39 Å². The van der Waals surface area contributed by atoms with Crippen molar-refractivity contribution in [2.24, 2.45) is 0 Å². The fraction of sp³-hybridized carbons (Fsp3) is 0.267. The van der Waals surface area contributed by atoms with Crippen molar-refractivity contribution in [3.05, 3.63) is 57.5 Å². The number of hydrogen-bond donors (Lipinski definition) is 1. The van der Waals surface area contributed by atoms with Gasteiger partial charge in [-0.05, 0) is 42.5 Å². The Kier molecular flexibility index (Phi) is 4.67. The summed E-state index contributed by atoms with van der Waals surface area (Å²) in [6.45, 7) is 2.76. The maximum absolute atomic E-state index is 13.2. The van der Waals surface area contributed by atoms with Crippen LogP contribution < -0.4 is 5.32 Å². The average molecular weight is 274 g/mol. The molecule has 0 aliphatic carbocycles. The number of benzene rings is 1. The third-order valence-electron chi connectivity index (χ3n) is 2.89. The standard InChI is InChI=1S/C15H15FN2S/c1-11(7-14-3-2-6-19-14)18-10-12-4-5-15(16)13(8-12)9-17/h2-6,8,11,18H,7,10H2,1H3. The van der Waals surface area contributed by atoms with Crippen LogP contribution in [-0.4, -0.2) is 6.04 Å². The molecule has 1 heterocycles. The van der Waals surface area contributed by atoms with Crippen LogP contribution in [0.2, 0.25) is 0 Å². The van der Waals surface area contributed by atoms with Crippen LogP contribution in [0.25, 0.3) is 0 Å². The number of nitrogens with one attached hydrogen (secondary N) is 1. The molecule has 4 heteroatoms. The molecule has 2 aromatic rings. The largest absolute Gasteiger partial charge is 0.310 e. The summed E-state index contributed by atoms with van der Waals surface area (Å²) in [5, 5.41) is 14.2. The predicted molar refractivity (Wildman–Crippen MR) is 75.4 cm³/mol. The SMILES string of the molecule is CC(Cc1cccs1)NCc1ccc(F)c(C#N)c1. The Morgan fingerprint density at radius 3 is 2.95 bits per heavy atom. The molecule has 0 fully saturated rings. The van der Waals surface area contributed by atoms with Gasteiger partial charge in [-0.1, -0.05) is 12.1 Å². The summed E-state index contributed by atoms with van der Waals surface area (Å²) in [5.41, 5.74) is 1.03. The van der Waals surface area contributed by atoms with Gasteiger partial charge in [0.25, 0.3) is 0 Å². The van der Waals surface area contributed by atoms with Gasteiger partial charge in [-0.25, -0.2) is 4.39 Å². The van der Waals surface area contributed by atoms with Gasteiger partial charge < -0.3 is 5.32 Å². The zero-order valence-corrected chi connectivity index (χ0v) is 11.5. The molecule has 1 aromatic carbocycles. The summed E-state index contributed by atoms with van der Waals surface area (Å²) < 4.78 is 13.2. The van der Waals surface area contributed by atoms with Crippen molar-refractivity contribution in [3.63, 3.8) is 0 Å². The molecule has 0 aliphatic rings. The van der Waals surface area contributed by atoms with E-state index in [1.807, 2.05) is 12.1 Å². The van der Waals surface area contributed by atoms with Crippen LogP contribution in [0.1, 0.15) is 22.9 Å². The fourth-order valence-electron chi connectivity index (χ4n) is 1.86. The molecule has 1 aromatic heterocycles. The topological polar surface area (TPSA) is 35.8 Å². The quantitative estimate of drug-likeness (QED) is 0.906. The Morgan fingerprint density at radius 2 is 2.26 bits per heavy atom. The molecule has 1 unspecified atom stereocenters. The smallest absolute Gasteiger partial charge is 0.140 e. The van der Waals surface area contributed by atoms with Gasteiger partial charge in [0.2, 0.25) is 0 Å². The number of thiophene rings is 1. The highest BCUT2D eigenvalue weighted by atomic mass is 32.1. The van der Waals surface area contributed by atoms with Gasteiger partial charge in [0.05, 0.1) is 5.56 Å². The average Bonchev–Trinajstić information content (AvgIpc) is 2.90. The van der Waals surface area contributed by atoms with Crippen LogP contribution in [0.15, 0.2) is 35.7 Å². The zero-order chi connectivity index (χ0) is 13.7. The summed E-state index contributed by atoms with van der Waals surface area (Å²) in [6, 6.07) is 11.0. The molecule has 98 valence electrons. The number of nitrogens with zero attached hydrogens (tertiary/aromatic N) is 1. The normalized spacial score (nSPS) is 12.1. The summed E-state index contributed by atoms with van der Waals surface area (Å²) in [4.78, 5) is 1.34. The van der Waals surface area contributed by atoms with Crippen LogP contribution in [0.3, 0.4) is 0 Å². The minimum Gasteiger partial charge on any atom is -0.310 e. The predicted octanol–water partition coefficient (Wildman–Crippen LogP) is 3.48. The van der Waals surface area contributed by atoms with E-state index in [0.29, 0.717) is 12.6 Å². The van der Waals surface area contributed by atoms with Crippen LogP contribution in [-0.2, 0) is 13.0 Å². The summed E-state index contributed by atoms with van der Waals surface area (Å²) in [6.07, 6.45) is 0.976. The first-order valence-corrected chi connectivity index (χ1v) is 7.01. The van der Waals surface area contributed by atoms with Crippen molar-refractivity contribution in [2.75, 3.05) is 0 Å². The summed E-state index contributed by atoms with van der Waals surface area (Å²) in [7, 11) is 0. The van der Waals surface area contributed by atoms with Gasteiger partial charge in [-0.15, -0.1) is 11.3 Å². The maximum atomic E-state index is 13.2. The Bertz CT molecular complexity index is 572. The van der Waals surface area contributed by atoms with Crippen molar-refractivity contribution in [3.8, 4) is 6.07 Å². The number of halogens is 1. The Balaban J connectivity index is 1.90. The van der Waals surface area contributed by atoms with Crippen molar-refractivity contribution in [1.29, 1.82) is 5.26 Å². The Morgan fingerprint density at radius 1 is 1.42 bits per heavy atom. The number of nitriles is 1. The molecule has 0 spiro atoms. The lowest BCUT2D eigenvalue weighted by molar-refractivity contribution is 0.547. The second-order valence-corrected chi connectivity index (χ2v) is 5.52. The lowest BCUT2D eigenvalue weighted by Crippen LogP contribution is -2.27. The van der Waals surface area contributed by atoms with Gasteiger partial charge in [-0.3, -0.25) is 0 Å². The molecular weight excluding hydrogens is 259 g/mol. The van der Waals surface area contributed by atoms with Crippen molar-refractivity contribution >= 4 is 11.3 Å². The Labute approximate surface area is 116 Å². The number of rotatable bonds is 5. The molecule has 0 bridgehead atoms. The van der Waals surface area contributed by atoms with Gasteiger partial charge in [0.1, 0.15) is 11.9 Å². The second kappa shape index (κ2) is 6.46. The van der Waals surface area contributed by atoms with Gasteiger partial charge in [0, 0.05) is 17.5 Å². The zero-order valence-electron chi connectivity index (χ0n) is 10.7. The van der Waals surface area contributed by atoms with Crippen LogP contribution in [0, 0.1) is 17.1 Å². The first-order chi connectivity index (χ1) is 9.19. The second-order valence-electron chi connectivity index (χ2n) is 4.49. The first-order valence-electron chi connectivity index (χ1n) is 6.13. The molecule has 0 aliphatic heterocycles. The molecule has 1 atom stereocenters. The van der Waals surface area contributed by atoms with E-state index in [-0.39, 0.29) is 5.56 Å². The van der Waals surface area contributed by atoms with Gasteiger partial charge in [-0.2, -0.15) is 5.26 Å². The third-order valence-corrected chi connectivity index (χ3v) is 3.79. The van der Waals surface area contributed by atoms with Crippen molar-refractivity contribution in [2.45, 2.75) is 25.9 Å². The van der Waals surface area contributed by atoms with E-state index in [1.165, 1.54) is 10.9 Å². The lowest BCUT2D eigenvalue weighted by Gasteiger charge is -2.13. The molecule has 0 saturated carbocycles. The van der Waals surface area contributed by atoms with Gasteiger partial charge in [0.15, 0.2) is 0 Å². The first kappa shape index (κ1) is 13.7. The summed E-state index contributed by atoms with van der Waals surface area (Å²) in [5.74, 6) is -0.460. The lowest BCUT2D eigenvalue weighted by atomic mass is 10.1.